The van der Waals surface area contributed by atoms with Crippen LogP contribution in [0.2, 0.25) is 0 Å². The standard InChI is InChI=1S/C19H21N5S/c1-15-7-8-18(22-21-15)24-11-9-23(10-12-24)13-17-14-25-19(20-17)16-5-3-2-4-6-16/h2-8,14H,9-13H2,1H3. The van der Waals surface area contributed by atoms with Gasteiger partial charge in [0.25, 0.3) is 0 Å². The molecule has 0 atom stereocenters. The van der Waals surface area contributed by atoms with E-state index < -0.39 is 0 Å². The Kier molecular flexibility index (Phi) is 4.72. The second kappa shape index (κ2) is 7.29. The summed E-state index contributed by atoms with van der Waals surface area (Å²) in [4.78, 5) is 9.57. The van der Waals surface area contributed by atoms with Gasteiger partial charge in [0, 0.05) is 43.7 Å². The predicted molar refractivity (Wildman–Crippen MR) is 102 cm³/mol. The second-order valence-electron chi connectivity index (χ2n) is 6.31. The molecule has 1 aliphatic rings. The molecule has 0 radical (unpaired) electrons. The second-order valence-corrected chi connectivity index (χ2v) is 7.16. The van der Waals surface area contributed by atoms with Crippen LogP contribution in [0.1, 0.15) is 11.4 Å². The Morgan fingerprint density at radius 2 is 1.76 bits per heavy atom. The van der Waals surface area contributed by atoms with Crippen LogP contribution in [0, 0.1) is 6.92 Å². The van der Waals surface area contributed by atoms with Gasteiger partial charge >= 0.3 is 0 Å². The normalized spacial score (nSPS) is 15.5. The summed E-state index contributed by atoms with van der Waals surface area (Å²) >= 11 is 1.72. The van der Waals surface area contributed by atoms with E-state index in [4.69, 9.17) is 4.98 Å². The fraction of sp³-hybridized carbons (Fsp3) is 0.316. The van der Waals surface area contributed by atoms with Gasteiger partial charge in [-0.2, -0.15) is 5.10 Å². The van der Waals surface area contributed by atoms with E-state index in [1.54, 1.807) is 11.3 Å². The minimum Gasteiger partial charge on any atom is -0.353 e. The molecule has 5 nitrogen and oxygen atoms in total. The number of hydrogen-bond acceptors (Lipinski definition) is 6. The van der Waals surface area contributed by atoms with Crippen molar-refractivity contribution in [3.8, 4) is 10.6 Å². The molecule has 1 fully saturated rings. The number of anilines is 1. The van der Waals surface area contributed by atoms with E-state index in [9.17, 15) is 0 Å². The van der Waals surface area contributed by atoms with Crippen LogP contribution in [-0.4, -0.2) is 46.3 Å². The molecular weight excluding hydrogens is 330 g/mol. The average molecular weight is 351 g/mol. The van der Waals surface area contributed by atoms with Crippen molar-refractivity contribution < 1.29 is 0 Å². The summed E-state index contributed by atoms with van der Waals surface area (Å²) in [5.74, 6) is 0.977. The lowest BCUT2D eigenvalue weighted by atomic mass is 10.2. The van der Waals surface area contributed by atoms with Crippen LogP contribution in [0.4, 0.5) is 5.82 Å². The molecule has 1 saturated heterocycles. The molecule has 3 aromatic rings. The Balaban J connectivity index is 1.34. The van der Waals surface area contributed by atoms with Crippen LogP contribution in [0.5, 0.6) is 0 Å². The molecule has 0 unspecified atom stereocenters. The molecule has 25 heavy (non-hydrogen) atoms. The highest BCUT2D eigenvalue weighted by Gasteiger charge is 2.19. The predicted octanol–water partition coefficient (Wildman–Crippen LogP) is 3.23. The van der Waals surface area contributed by atoms with E-state index in [1.165, 1.54) is 5.56 Å². The SMILES string of the molecule is Cc1ccc(N2CCN(Cc3csc(-c4ccccc4)n3)CC2)nn1. The van der Waals surface area contributed by atoms with Gasteiger partial charge in [0.05, 0.1) is 11.4 Å². The molecule has 3 heterocycles. The molecule has 0 saturated carbocycles. The van der Waals surface area contributed by atoms with Gasteiger partial charge in [0.15, 0.2) is 5.82 Å². The van der Waals surface area contributed by atoms with Crippen molar-refractivity contribution in [2.24, 2.45) is 0 Å². The van der Waals surface area contributed by atoms with Crippen molar-refractivity contribution in [1.29, 1.82) is 0 Å². The number of aromatic nitrogens is 3. The first-order chi connectivity index (χ1) is 12.3. The van der Waals surface area contributed by atoms with Gasteiger partial charge in [0.1, 0.15) is 5.01 Å². The van der Waals surface area contributed by atoms with Gasteiger partial charge in [-0.15, -0.1) is 16.4 Å². The minimum absolute atomic E-state index is 0.913. The minimum atomic E-state index is 0.913. The summed E-state index contributed by atoms with van der Waals surface area (Å²) in [5.41, 5.74) is 3.31. The number of thiazole rings is 1. The maximum absolute atomic E-state index is 4.80. The van der Waals surface area contributed by atoms with Gasteiger partial charge < -0.3 is 4.90 Å². The lowest BCUT2D eigenvalue weighted by Crippen LogP contribution is -2.46. The van der Waals surface area contributed by atoms with E-state index in [0.29, 0.717) is 0 Å². The average Bonchev–Trinajstić information content (AvgIpc) is 3.12. The fourth-order valence-electron chi connectivity index (χ4n) is 3.02. The quantitative estimate of drug-likeness (QED) is 0.722. The van der Waals surface area contributed by atoms with Gasteiger partial charge in [-0.05, 0) is 19.1 Å². The van der Waals surface area contributed by atoms with E-state index >= 15 is 0 Å². The summed E-state index contributed by atoms with van der Waals surface area (Å²) in [6.45, 7) is 6.88. The molecule has 0 bridgehead atoms. The van der Waals surface area contributed by atoms with E-state index in [1.807, 2.05) is 19.1 Å². The van der Waals surface area contributed by atoms with Gasteiger partial charge in [0.2, 0.25) is 0 Å². The monoisotopic (exact) mass is 351 g/mol. The zero-order chi connectivity index (χ0) is 17.1. The Labute approximate surface area is 152 Å². The molecule has 0 amide bonds. The Bertz CT molecular complexity index is 807. The molecule has 1 aliphatic heterocycles. The topological polar surface area (TPSA) is 45.2 Å². The van der Waals surface area contributed by atoms with Crippen molar-refractivity contribution >= 4 is 17.2 Å². The van der Waals surface area contributed by atoms with Crippen molar-refractivity contribution in [2.75, 3.05) is 31.1 Å². The number of nitrogens with zero attached hydrogens (tertiary/aromatic N) is 5. The smallest absolute Gasteiger partial charge is 0.151 e. The fourth-order valence-corrected chi connectivity index (χ4v) is 3.83. The van der Waals surface area contributed by atoms with Crippen molar-refractivity contribution in [3.05, 3.63) is 59.2 Å². The van der Waals surface area contributed by atoms with Crippen LogP contribution in [0.3, 0.4) is 0 Å². The van der Waals surface area contributed by atoms with Crippen LogP contribution >= 0.6 is 11.3 Å². The van der Waals surface area contributed by atoms with Gasteiger partial charge in [-0.25, -0.2) is 4.98 Å². The third-order valence-corrected chi connectivity index (χ3v) is 5.38. The zero-order valence-corrected chi connectivity index (χ0v) is 15.1. The third kappa shape index (κ3) is 3.86. The lowest BCUT2D eigenvalue weighted by molar-refractivity contribution is 0.247. The highest BCUT2D eigenvalue weighted by atomic mass is 32.1. The number of benzene rings is 1. The van der Waals surface area contributed by atoms with Crippen LogP contribution in [0.25, 0.3) is 10.6 Å². The summed E-state index contributed by atoms with van der Waals surface area (Å²) in [5, 5.41) is 11.7. The van der Waals surface area contributed by atoms with Crippen molar-refractivity contribution in [1.82, 2.24) is 20.1 Å². The summed E-state index contributed by atoms with van der Waals surface area (Å²) < 4.78 is 0. The molecule has 6 heteroatoms. The Hall–Kier alpha value is -2.31. The summed E-state index contributed by atoms with van der Waals surface area (Å²) in [7, 11) is 0. The number of piperazine rings is 1. The van der Waals surface area contributed by atoms with Gasteiger partial charge in [-0.3, -0.25) is 4.90 Å². The van der Waals surface area contributed by atoms with Crippen LogP contribution in [0.15, 0.2) is 47.8 Å². The first-order valence-electron chi connectivity index (χ1n) is 8.55. The lowest BCUT2D eigenvalue weighted by Gasteiger charge is -2.34. The molecule has 0 aliphatic carbocycles. The van der Waals surface area contributed by atoms with E-state index in [2.05, 4.69) is 55.7 Å². The number of hydrogen-bond donors (Lipinski definition) is 0. The summed E-state index contributed by atoms with van der Waals surface area (Å²) in [6, 6.07) is 14.5. The molecule has 1 aromatic carbocycles. The van der Waals surface area contributed by atoms with E-state index in [0.717, 1.165) is 54.9 Å². The first-order valence-corrected chi connectivity index (χ1v) is 9.43. The zero-order valence-electron chi connectivity index (χ0n) is 14.3. The highest BCUT2D eigenvalue weighted by molar-refractivity contribution is 7.13. The first kappa shape index (κ1) is 16.2. The Morgan fingerprint density at radius 1 is 0.960 bits per heavy atom. The van der Waals surface area contributed by atoms with Crippen molar-refractivity contribution in [2.45, 2.75) is 13.5 Å². The number of aryl methyl sites for hydroxylation is 1. The highest BCUT2D eigenvalue weighted by Crippen LogP contribution is 2.24. The molecule has 4 rings (SSSR count). The maximum Gasteiger partial charge on any atom is 0.151 e. The molecule has 0 spiro atoms. The Morgan fingerprint density at radius 3 is 2.48 bits per heavy atom. The van der Waals surface area contributed by atoms with Crippen LogP contribution in [-0.2, 0) is 6.54 Å². The molecular formula is C19H21N5S. The van der Waals surface area contributed by atoms with Crippen LogP contribution < -0.4 is 4.90 Å². The largest absolute Gasteiger partial charge is 0.353 e. The molecule has 128 valence electrons. The molecule has 2 aromatic heterocycles. The third-order valence-electron chi connectivity index (χ3n) is 4.44. The van der Waals surface area contributed by atoms with E-state index in [-0.39, 0.29) is 0 Å². The van der Waals surface area contributed by atoms with Crippen molar-refractivity contribution in [3.63, 3.8) is 0 Å². The van der Waals surface area contributed by atoms with Gasteiger partial charge in [-0.1, -0.05) is 30.3 Å². The molecule has 0 N–H and O–H groups in total. The maximum atomic E-state index is 4.80. The number of rotatable bonds is 4. The summed E-state index contributed by atoms with van der Waals surface area (Å²) in [6.07, 6.45) is 0.